The van der Waals surface area contributed by atoms with E-state index in [9.17, 15) is 13.2 Å². The second-order valence-electron chi connectivity index (χ2n) is 7.43. The van der Waals surface area contributed by atoms with Gasteiger partial charge in [0.15, 0.2) is 0 Å². The first-order chi connectivity index (χ1) is 15.3. The third kappa shape index (κ3) is 5.17. The Morgan fingerprint density at radius 3 is 2.50 bits per heavy atom. The number of ether oxygens (including phenoxy) is 1. The Bertz CT molecular complexity index is 1210. The van der Waals surface area contributed by atoms with E-state index in [1.165, 1.54) is 0 Å². The molecule has 1 aliphatic rings. The predicted octanol–water partition coefficient (Wildman–Crippen LogP) is 3.95. The zero-order valence-corrected chi connectivity index (χ0v) is 18.8. The molecule has 32 heavy (non-hydrogen) atoms. The Morgan fingerprint density at radius 1 is 1.09 bits per heavy atom. The highest BCUT2D eigenvalue weighted by molar-refractivity contribution is 7.90. The zero-order valence-electron chi connectivity index (χ0n) is 17.3. The van der Waals surface area contributed by atoms with Gasteiger partial charge >= 0.3 is 12.0 Å². The minimum Gasteiger partial charge on any atom is -0.424 e. The topological polar surface area (TPSA) is 92.7 Å². The van der Waals surface area contributed by atoms with E-state index < -0.39 is 9.84 Å². The van der Waals surface area contributed by atoms with E-state index in [0.29, 0.717) is 23.0 Å². The number of halogens is 1. The summed E-state index contributed by atoms with van der Waals surface area (Å²) >= 11 is 6.03. The van der Waals surface area contributed by atoms with Crippen LogP contribution in [0.2, 0.25) is 5.02 Å². The summed E-state index contributed by atoms with van der Waals surface area (Å²) in [5.74, 6) is 0.431. The molecule has 0 aliphatic carbocycles. The Kier molecular flexibility index (Phi) is 6.29. The lowest BCUT2D eigenvalue weighted by atomic mass is 10.1. The number of aromatic nitrogens is 2. The average molecular weight is 473 g/mol. The molecule has 2 amide bonds. The second-order valence-corrected chi connectivity index (χ2v) is 10.1. The molecule has 3 aromatic rings. The molecule has 1 aromatic heterocycles. The number of carbonyl (C=O) groups is 1. The summed E-state index contributed by atoms with van der Waals surface area (Å²) in [6.45, 7) is 0.453. The van der Waals surface area contributed by atoms with E-state index in [-0.39, 0.29) is 30.4 Å². The SMILES string of the molecule is CS(=O)(=O)CCN1CC(c2cccc(Oc3ncccn3)c2)N(c2ccc(Cl)cc2)C1=O. The van der Waals surface area contributed by atoms with E-state index in [4.69, 9.17) is 16.3 Å². The van der Waals surface area contributed by atoms with E-state index in [1.54, 1.807) is 58.6 Å². The van der Waals surface area contributed by atoms with E-state index >= 15 is 0 Å². The van der Waals surface area contributed by atoms with Gasteiger partial charge in [0.05, 0.1) is 11.8 Å². The minimum atomic E-state index is -3.21. The lowest BCUT2D eigenvalue weighted by molar-refractivity contribution is 0.223. The molecule has 0 bridgehead atoms. The van der Waals surface area contributed by atoms with Gasteiger partial charge in [0.25, 0.3) is 0 Å². The number of rotatable bonds is 7. The summed E-state index contributed by atoms with van der Waals surface area (Å²) < 4.78 is 29.1. The van der Waals surface area contributed by atoms with Gasteiger partial charge in [0.2, 0.25) is 0 Å². The van der Waals surface area contributed by atoms with Crippen LogP contribution in [0.3, 0.4) is 0 Å². The molecule has 1 unspecified atom stereocenters. The standard InChI is InChI=1S/C22H21ClN4O4S/c1-32(29,30)13-12-26-15-20(27(22(26)28)18-8-6-17(23)7-9-18)16-4-2-5-19(14-16)31-21-24-10-3-11-25-21/h2-11,14,20H,12-13,15H2,1H3. The number of nitrogens with zero attached hydrogens (tertiary/aromatic N) is 4. The summed E-state index contributed by atoms with van der Waals surface area (Å²) in [7, 11) is -3.21. The Labute approximate surface area is 191 Å². The molecule has 1 saturated heterocycles. The maximum atomic E-state index is 13.2. The fraction of sp³-hybridized carbons (Fsp3) is 0.227. The molecule has 8 nitrogen and oxygen atoms in total. The highest BCUT2D eigenvalue weighted by atomic mass is 35.5. The number of amides is 2. The van der Waals surface area contributed by atoms with Crippen molar-refractivity contribution in [3.63, 3.8) is 0 Å². The van der Waals surface area contributed by atoms with Gasteiger partial charge in [-0.05, 0) is 48.0 Å². The summed E-state index contributed by atoms with van der Waals surface area (Å²) in [6, 6.07) is 15.6. The number of carbonyl (C=O) groups excluding carboxylic acids is 1. The Hall–Kier alpha value is -3.17. The number of sulfone groups is 1. The molecule has 0 radical (unpaired) electrons. The van der Waals surface area contributed by atoms with Gasteiger partial charge in [0, 0.05) is 42.4 Å². The van der Waals surface area contributed by atoms with Crippen LogP contribution in [0.1, 0.15) is 11.6 Å². The zero-order chi connectivity index (χ0) is 22.7. The summed E-state index contributed by atoms with van der Waals surface area (Å²) in [6.07, 6.45) is 4.34. The van der Waals surface area contributed by atoms with Gasteiger partial charge in [0.1, 0.15) is 15.6 Å². The van der Waals surface area contributed by atoms with Crippen LogP contribution in [0.25, 0.3) is 0 Å². The smallest absolute Gasteiger partial charge is 0.325 e. The Morgan fingerprint density at radius 2 is 1.81 bits per heavy atom. The van der Waals surface area contributed by atoms with Crippen LogP contribution in [-0.4, -0.2) is 54.4 Å². The first-order valence-corrected chi connectivity index (χ1v) is 12.3. The van der Waals surface area contributed by atoms with E-state index in [2.05, 4.69) is 9.97 Å². The maximum absolute atomic E-state index is 13.2. The lowest BCUT2D eigenvalue weighted by Gasteiger charge is -2.24. The monoisotopic (exact) mass is 472 g/mol. The third-order valence-electron chi connectivity index (χ3n) is 5.01. The van der Waals surface area contributed by atoms with Crippen LogP contribution in [0, 0.1) is 0 Å². The molecule has 1 fully saturated rings. The maximum Gasteiger partial charge on any atom is 0.325 e. The highest BCUT2D eigenvalue weighted by Gasteiger charge is 2.39. The molecular weight excluding hydrogens is 452 g/mol. The third-order valence-corrected chi connectivity index (χ3v) is 6.19. The number of benzene rings is 2. The molecule has 1 atom stereocenters. The van der Waals surface area contributed by atoms with Gasteiger partial charge < -0.3 is 9.64 Å². The first kappa shape index (κ1) is 22.0. The van der Waals surface area contributed by atoms with Crippen molar-refractivity contribution in [3.8, 4) is 11.8 Å². The largest absolute Gasteiger partial charge is 0.424 e. The van der Waals surface area contributed by atoms with Crippen molar-refractivity contribution in [2.75, 3.05) is 30.0 Å². The molecule has 166 valence electrons. The van der Waals surface area contributed by atoms with E-state index in [0.717, 1.165) is 11.8 Å². The van der Waals surface area contributed by atoms with Crippen molar-refractivity contribution in [2.24, 2.45) is 0 Å². The summed E-state index contributed by atoms with van der Waals surface area (Å²) in [5, 5.41) is 0.559. The molecule has 2 heterocycles. The normalized spacial score (nSPS) is 16.4. The fourth-order valence-corrected chi connectivity index (χ4v) is 4.17. The molecule has 0 N–H and O–H groups in total. The van der Waals surface area contributed by atoms with Crippen molar-refractivity contribution in [1.82, 2.24) is 14.9 Å². The van der Waals surface area contributed by atoms with Crippen LogP contribution < -0.4 is 9.64 Å². The lowest BCUT2D eigenvalue weighted by Crippen LogP contribution is -2.35. The number of anilines is 1. The molecule has 4 rings (SSSR count). The fourth-order valence-electron chi connectivity index (χ4n) is 3.49. The summed E-state index contributed by atoms with van der Waals surface area (Å²) in [5.41, 5.74) is 1.51. The molecule has 0 spiro atoms. The van der Waals surface area contributed by atoms with Crippen molar-refractivity contribution >= 4 is 33.2 Å². The van der Waals surface area contributed by atoms with Crippen molar-refractivity contribution < 1.29 is 17.9 Å². The van der Waals surface area contributed by atoms with Gasteiger partial charge in [-0.15, -0.1) is 0 Å². The minimum absolute atomic E-state index is 0.103. The van der Waals surface area contributed by atoms with Crippen LogP contribution in [0.5, 0.6) is 11.8 Å². The molecule has 2 aromatic carbocycles. The summed E-state index contributed by atoms with van der Waals surface area (Å²) in [4.78, 5) is 24.6. The quantitative estimate of drug-likeness (QED) is 0.517. The first-order valence-electron chi connectivity index (χ1n) is 9.86. The molecule has 1 aliphatic heterocycles. The van der Waals surface area contributed by atoms with Gasteiger partial charge in [-0.25, -0.2) is 23.2 Å². The number of hydrogen-bond acceptors (Lipinski definition) is 6. The van der Waals surface area contributed by atoms with Crippen molar-refractivity contribution in [3.05, 3.63) is 77.6 Å². The van der Waals surface area contributed by atoms with Crippen LogP contribution in [0.4, 0.5) is 10.5 Å². The number of hydrogen-bond donors (Lipinski definition) is 0. The predicted molar refractivity (Wildman–Crippen MR) is 122 cm³/mol. The number of urea groups is 1. The van der Waals surface area contributed by atoms with Crippen LogP contribution in [-0.2, 0) is 9.84 Å². The molecular formula is C22H21ClN4O4S. The van der Waals surface area contributed by atoms with Crippen molar-refractivity contribution in [2.45, 2.75) is 6.04 Å². The average Bonchev–Trinajstić information content (AvgIpc) is 3.10. The second kappa shape index (κ2) is 9.13. The molecule has 10 heteroatoms. The van der Waals surface area contributed by atoms with Crippen LogP contribution in [0.15, 0.2) is 67.0 Å². The van der Waals surface area contributed by atoms with Crippen molar-refractivity contribution in [1.29, 1.82) is 0 Å². The van der Waals surface area contributed by atoms with Gasteiger partial charge in [-0.1, -0.05) is 23.7 Å². The van der Waals surface area contributed by atoms with Gasteiger partial charge in [-0.3, -0.25) is 4.90 Å². The van der Waals surface area contributed by atoms with Crippen LogP contribution >= 0.6 is 11.6 Å². The van der Waals surface area contributed by atoms with E-state index in [1.807, 2.05) is 18.2 Å². The Balaban J connectivity index is 1.65. The molecule has 0 saturated carbocycles. The highest BCUT2D eigenvalue weighted by Crippen LogP contribution is 2.36. The van der Waals surface area contributed by atoms with Gasteiger partial charge in [-0.2, -0.15) is 0 Å².